The molecule has 0 aliphatic carbocycles. The summed E-state index contributed by atoms with van der Waals surface area (Å²) < 4.78 is 60.0. The summed E-state index contributed by atoms with van der Waals surface area (Å²) in [6.45, 7) is 19.8. The lowest BCUT2D eigenvalue weighted by molar-refractivity contribution is -0.693. The Balaban J connectivity index is 0.000000161. The highest BCUT2D eigenvalue weighted by Gasteiger charge is 2.24. The van der Waals surface area contributed by atoms with E-state index >= 15 is 0 Å². The zero-order chi connectivity index (χ0) is 67.5. The number of hydrogen-bond acceptors (Lipinski definition) is 3. The van der Waals surface area contributed by atoms with Gasteiger partial charge >= 0.3 is 0 Å². The molecule has 0 aliphatic heterocycles. The molecule has 0 aliphatic rings. The Bertz CT molecular complexity index is 5240. The molecule has 0 saturated heterocycles. The molecule has 0 fully saturated rings. The van der Waals surface area contributed by atoms with Crippen molar-refractivity contribution in [3.8, 4) is 17.2 Å². The zero-order valence-electron chi connectivity index (χ0n) is 58.1. The third-order valence-corrected chi connectivity index (χ3v) is 18.7. The van der Waals surface area contributed by atoms with Crippen LogP contribution in [-0.2, 0) is 59.1 Å². The van der Waals surface area contributed by atoms with Crippen LogP contribution in [0, 0.1) is 32.4 Å². The van der Waals surface area contributed by atoms with E-state index in [1.165, 1.54) is 106 Å². The van der Waals surface area contributed by atoms with Crippen LogP contribution in [0.3, 0.4) is 0 Å². The normalized spacial score (nSPS) is 11.0. The van der Waals surface area contributed by atoms with Crippen molar-refractivity contribution in [2.45, 2.75) is 120 Å². The van der Waals surface area contributed by atoms with Gasteiger partial charge in [-0.15, -0.1) is 0 Å². The van der Waals surface area contributed by atoms with Crippen molar-refractivity contribution in [3.63, 3.8) is 0 Å². The minimum atomic E-state index is -0.204. The van der Waals surface area contributed by atoms with Crippen molar-refractivity contribution >= 4 is 65.4 Å². The molecule has 0 radical (unpaired) electrons. The largest absolute Gasteiger partial charge is 1.00 e. The second-order valence-corrected chi connectivity index (χ2v) is 25.4. The predicted octanol–water partition coefficient (Wildman–Crippen LogP) is 10.6. The van der Waals surface area contributed by atoms with E-state index in [9.17, 15) is 8.78 Å². The van der Waals surface area contributed by atoms with Gasteiger partial charge < -0.3 is 78.9 Å². The van der Waals surface area contributed by atoms with E-state index in [0.29, 0.717) is 38.5 Å². The van der Waals surface area contributed by atoms with Gasteiger partial charge in [0.25, 0.3) is 0 Å². The Labute approximate surface area is 622 Å². The number of fused-ring (bicyclic) bond motifs is 9. The summed E-state index contributed by atoms with van der Waals surface area (Å²) >= 11 is 0. The average Bonchev–Trinajstić information content (AvgIpc) is 1.61. The van der Waals surface area contributed by atoms with Gasteiger partial charge in [-0.25, -0.2) is 8.78 Å². The Morgan fingerprint density at radius 1 is 0.317 bits per heavy atom. The fraction of sp³-hybridized carbons (Fsp3) is 0.207. The molecule has 6 aromatic heterocycles. The van der Waals surface area contributed by atoms with E-state index < -0.39 is 0 Å². The van der Waals surface area contributed by atoms with Crippen LogP contribution < -0.4 is 78.9 Å². The standard InChI is InChI=1S/2C29H28FN2O.C29H29N2O.3BrH/c1-3-16-32-28-18-24(33-20-22-9-5-4-6-10-22)13-14-25(28)26-15-17-31(21(2)29(26)32)19-23-11-7-8-12-27(23)30;1-3-16-32-28-18-25(33-20-23-7-5-4-6-8-23)13-14-26(28)27-15-17-31(21(2)29(27)32)19-22-9-11-24(30)12-10-22;1-3-17-31-28-19-25(32-21-24-12-8-5-9-13-24)14-15-26(28)27-16-18-30(22(2)29(27)31)20-23-10-6-4-7-11-23;;;/h2*4-15,17-18H,3,16,19-20H2,1-2H3;4-16,18-19H,3,17,20-21H2,1-2H3;3*1H/q3*+1;;;/p-3. The van der Waals surface area contributed by atoms with Gasteiger partial charge in [0.2, 0.25) is 17.1 Å². The van der Waals surface area contributed by atoms with E-state index in [2.05, 4.69) is 239 Å². The Morgan fingerprint density at radius 2 is 0.624 bits per heavy atom. The number of pyridine rings is 3. The van der Waals surface area contributed by atoms with E-state index in [1.54, 1.807) is 6.07 Å². The van der Waals surface area contributed by atoms with Crippen LogP contribution in [0.25, 0.3) is 65.4 Å². The zero-order valence-corrected chi connectivity index (χ0v) is 62.9. The number of aromatic nitrogens is 6. The van der Waals surface area contributed by atoms with Crippen molar-refractivity contribution in [2.75, 3.05) is 0 Å². The summed E-state index contributed by atoms with van der Waals surface area (Å²) in [6, 6.07) is 81.1. The molecule has 516 valence electrons. The quantitative estimate of drug-likeness (QED) is 0.0674. The first-order valence-electron chi connectivity index (χ1n) is 34.4. The van der Waals surface area contributed by atoms with Crippen molar-refractivity contribution in [2.24, 2.45) is 0 Å². The molecule has 14 heteroatoms. The van der Waals surface area contributed by atoms with Gasteiger partial charge in [0.1, 0.15) is 65.3 Å². The number of hydrogen-bond donors (Lipinski definition) is 0. The van der Waals surface area contributed by atoms with Crippen molar-refractivity contribution in [1.29, 1.82) is 0 Å². The molecule has 15 rings (SSSR count). The second-order valence-electron chi connectivity index (χ2n) is 25.4. The Kier molecular flexibility index (Phi) is 25.5. The summed E-state index contributed by atoms with van der Waals surface area (Å²) in [5.41, 5.74) is 17.6. The maximum absolute atomic E-state index is 14.3. The number of ether oxygens (including phenoxy) is 3. The molecule has 9 aromatic carbocycles. The molecule has 0 bridgehead atoms. The summed E-state index contributed by atoms with van der Waals surface area (Å²) in [6.07, 6.45) is 9.58. The van der Waals surface area contributed by atoms with E-state index in [1.807, 2.05) is 66.7 Å². The lowest BCUT2D eigenvalue weighted by Crippen LogP contribution is -3.00. The first kappa shape index (κ1) is 74.2. The minimum Gasteiger partial charge on any atom is -1.00 e. The van der Waals surface area contributed by atoms with E-state index in [0.717, 1.165) is 85.1 Å². The summed E-state index contributed by atoms with van der Waals surface area (Å²) in [7, 11) is 0. The molecule has 101 heavy (non-hydrogen) atoms. The second kappa shape index (κ2) is 34.7. The molecule has 0 spiro atoms. The Morgan fingerprint density at radius 3 is 0.960 bits per heavy atom. The predicted molar refractivity (Wildman–Crippen MR) is 393 cm³/mol. The third kappa shape index (κ3) is 16.8. The molecular formula is C87H85Br3F2N6O3. The highest BCUT2D eigenvalue weighted by Crippen LogP contribution is 2.37. The van der Waals surface area contributed by atoms with Crippen LogP contribution in [0.2, 0.25) is 0 Å². The number of benzene rings is 9. The highest BCUT2D eigenvalue weighted by molar-refractivity contribution is 6.10. The molecule has 9 nitrogen and oxygen atoms in total. The van der Waals surface area contributed by atoms with Gasteiger partial charge in [0.15, 0.2) is 38.2 Å². The highest BCUT2D eigenvalue weighted by atomic mass is 79.9. The van der Waals surface area contributed by atoms with Crippen LogP contribution >= 0.6 is 0 Å². The fourth-order valence-electron chi connectivity index (χ4n) is 13.7. The van der Waals surface area contributed by atoms with E-state index in [-0.39, 0.29) is 62.6 Å². The molecule has 6 heterocycles. The SMILES string of the molecule is CCCn1c2cc(OCc3ccccc3)ccc2c2cc[n+](Cc3ccc(F)cc3)c(C)c21.CCCn1c2cc(OCc3ccccc3)ccc2c2cc[n+](Cc3ccccc3)c(C)c21.CCCn1c2cc(OCc3ccccc3)ccc2c2cc[n+](Cc3ccccc3F)c(C)c21.[Br-].[Br-].[Br-]. The number of halogens is 5. The van der Waals surface area contributed by atoms with Crippen molar-refractivity contribution in [3.05, 3.63) is 323 Å². The molecular weight excluding hydrogens is 1450 g/mol. The molecule has 0 atom stereocenters. The van der Waals surface area contributed by atoms with Crippen LogP contribution in [0.1, 0.15) is 90.5 Å². The summed E-state index contributed by atoms with van der Waals surface area (Å²) in [4.78, 5) is 0. The van der Waals surface area contributed by atoms with Gasteiger partial charge in [-0.1, -0.05) is 154 Å². The Hall–Kier alpha value is -9.47. The maximum Gasteiger partial charge on any atom is 0.203 e. The monoisotopic (exact) mass is 1540 g/mol. The number of rotatable bonds is 21. The van der Waals surface area contributed by atoms with Crippen molar-refractivity contribution < 1.29 is 87.6 Å². The molecule has 0 saturated carbocycles. The van der Waals surface area contributed by atoms with Gasteiger partial charge in [-0.3, -0.25) is 0 Å². The fourth-order valence-corrected chi connectivity index (χ4v) is 13.7. The van der Waals surface area contributed by atoms with Gasteiger partial charge in [0.05, 0.1) is 22.1 Å². The number of nitrogens with zero attached hydrogens (tertiary/aromatic N) is 6. The third-order valence-electron chi connectivity index (χ3n) is 18.7. The lowest BCUT2D eigenvalue weighted by atomic mass is 10.1. The van der Waals surface area contributed by atoms with Gasteiger partial charge in [-0.2, -0.15) is 13.7 Å². The molecule has 0 unspecified atom stereocenters. The summed E-state index contributed by atoms with van der Waals surface area (Å²) in [5, 5.41) is 7.52. The molecule has 0 amide bonds. The lowest BCUT2D eigenvalue weighted by Gasteiger charge is -2.09. The average molecular weight is 1540 g/mol. The van der Waals surface area contributed by atoms with Gasteiger partial charge in [0, 0.05) is 120 Å². The van der Waals surface area contributed by atoms with Crippen LogP contribution in [0.15, 0.2) is 261 Å². The van der Waals surface area contributed by atoms with Crippen molar-refractivity contribution in [1.82, 2.24) is 13.7 Å². The molecule has 0 N–H and O–H groups in total. The van der Waals surface area contributed by atoms with Gasteiger partial charge in [-0.05, 0) is 109 Å². The first-order valence-corrected chi connectivity index (χ1v) is 34.4. The van der Waals surface area contributed by atoms with E-state index in [4.69, 9.17) is 14.2 Å². The minimum absolute atomic E-state index is 0. The first-order chi connectivity index (χ1) is 48.0. The van der Waals surface area contributed by atoms with Crippen LogP contribution in [0.4, 0.5) is 8.78 Å². The maximum atomic E-state index is 14.3. The smallest absolute Gasteiger partial charge is 0.203 e. The van der Waals surface area contributed by atoms with Crippen LogP contribution in [-0.4, -0.2) is 13.7 Å². The topological polar surface area (TPSA) is 54.1 Å². The number of aryl methyl sites for hydroxylation is 6. The molecule has 15 aromatic rings. The van der Waals surface area contributed by atoms with Crippen LogP contribution in [0.5, 0.6) is 17.2 Å². The summed E-state index contributed by atoms with van der Waals surface area (Å²) in [5.74, 6) is 2.28.